The average molecular weight is 433 g/mol. The summed E-state index contributed by atoms with van der Waals surface area (Å²) in [5, 5.41) is 42.4. The van der Waals surface area contributed by atoms with Gasteiger partial charge in [0.05, 0.1) is 42.9 Å². The maximum absolute atomic E-state index is 13.8. The monoisotopic (exact) mass is 433 g/mol. The van der Waals surface area contributed by atoms with Crippen LogP contribution in [0.25, 0.3) is 0 Å². The predicted octanol–water partition coefficient (Wildman–Crippen LogP) is 1.72. The van der Waals surface area contributed by atoms with Crippen LogP contribution >= 0.6 is 0 Å². The molecule has 1 spiro atoms. The highest BCUT2D eigenvalue weighted by Gasteiger charge is 2.73. The van der Waals surface area contributed by atoms with Gasteiger partial charge in [0.15, 0.2) is 0 Å². The molecule has 5 rings (SSSR count). The Balaban J connectivity index is 1.73. The molecule has 3 N–H and O–H groups in total. The van der Waals surface area contributed by atoms with Crippen LogP contribution in [0.1, 0.15) is 11.1 Å². The van der Waals surface area contributed by atoms with E-state index in [2.05, 4.69) is 11.4 Å². The number of carbonyl (C=O) groups is 1. The van der Waals surface area contributed by atoms with Crippen LogP contribution in [0.4, 0.5) is 5.69 Å². The van der Waals surface area contributed by atoms with Crippen molar-refractivity contribution in [3.05, 3.63) is 77.4 Å². The molecule has 33 heavy (non-hydrogen) atoms. The molecule has 3 aliphatic rings. The number of nitrogens with zero attached hydrogens (tertiary/aromatic N) is 3. The van der Waals surface area contributed by atoms with E-state index in [9.17, 15) is 20.6 Å². The first kappa shape index (κ1) is 20.6. The second-order valence-electron chi connectivity index (χ2n) is 8.83. The Bertz CT molecular complexity index is 1310. The molecule has 1 amide bonds. The lowest BCUT2D eigenvalue weighted by atomic mass is 9.45. The smallest absolute Gasteiger partial charge is 0.239 e. The zero-order valence-electron chi connectivity index (χ0n) is 17.8. The molecule has 2 unspecified atom stereocenters. The van der Waals surface area contributed by atoms with E-state index in [1.807, 2.05) is 48.5 Å². The SMILES string of the molecule is N#CC1C(=N)C(C#N)(C#N)[C@@]2(C(=O)Nc3ccccc32)[C@H]2C[NH+](Cc3ccccc3)CC=C12. The van der Waals surface area contributed by atoms with Crippen molar-refractivity contribution < 1.29 is 9.69 Å². The third kappa shape index (κ3) is 2.56. The van der Waals surface area contributed by atoms with Crippen LogP contribution in [-0.2, 0) is 16.8 Å². The lowest BCUT2D eigenvalue weighted by Gasteiger charge is -2.51. The average Bonchev–Trinajstić information content (AvgIpc) is 3.14. The van der Waals surface area contributed by atoms with Crippen molar-refractivity contribution in [3.8, 4) is 18.2 Å². The summed E-state index contributed by atoms with van der Waals surface area (Å²) in [7, 11) is 0. The maximum atomic E-state index is 13.8. The lowest BCUT2D eigenvalue weighted by molar-refractivity contribution is -0.913. The molecule has 160 valence electrons. The van der Waals surface area contributed by atoms with Gasteiger partial charge in [-0.1, -0.05) is 48.5 Å². The maximum Gasteiger partial charge on any atom is 0.239 e. The third-order valence-corrected chi connectivity index (χ3v) is 7.38. The van der Waals surface area contributed by atoms with Gasteiger partial charge in [0.1, 0.15) is 17.9 Å². The van der Waals surface area contributed by atoms with Gasteiger partial charge in [-0.25, -0.2) is 0 Å². The van der Waals surface area contributed by atoms with Crippen LogP contribution in [-0.4, -0.2) is 24.7 Å². The number of hydrogen-bond donors (Lipinski definition) is 3. The van der Waals surface area contributed by atoms with Gasteiger partial charge in [0.25, 0.3) is 0 Å². The summed E-state index contributed by atoms with van der Waals surface area (Å²) in [5.41, 5.74) is -1.07. The summed E-state index contributed by atoms with van der Waals surface area (Å²) < 4.78 is 0. The van der Waals surface area contributed by atoms with Crippen LogP contribution in [0, 0.1) is 56.7 Å². The largest absolute Gasteiger partial charge is 0.327 e. The van der Waals surface area contributed by atoms with E-state index in [0.717, 1.165) is 5.56 Å². The Labute approximate surface area is 191 Å². The molecule has 1 fully saturated rings. The molecular formula is C26H21N6O+. The fourth-order valence-corrected chi connectivity index (χ4v) is 5.96. The molecule has 7 nitrogen and oxygen atoms in total. The molecule has 0 saturated heterocycles. The summed E-state index contributed by atoms with van der Waals surface area (Å²) in [6, 6.07) is 23.3. The number of para-hydroxylation sites is 1. The highest BCUT2D eigenvalue weighted by Crippen LogP contribution is 2.60. The van der Waals surface area contributed by atoms with E-state index in [4.69, 9.17) is 5.41 Å². The van der Waals surface area contributed by atoms with E-state index in [0.29, 0.717) is 36.5 Å². The highest BCUT2D eigenvalue weighted by atomic mass is 16.2. The first-order valence-corrected chi connectivity index (χ1v) is 10.8. The minimum absolute atomic E-state index is 0.309. The molecule has 2 aliphatic heterocycles. The van der Waals surface area contributed by atoms with Crippen molar-refractivity contribution in [2.24, 2.45) is 17.3 Å². The molecular weight excluding hydrogens is 412 g/mol. The van der Waals surface area contributed by atoms with Gasteiger partial charge in [-0.05, 0) is 23.3 Å². The fraction of sp³-hybridized carbons (Fsp3) is 0.269. The number of amides is 1. The summed E-state index contributed by atoms with van der Waals surface area (Å²) in [6.07, 6.45) is 1.95. The first-order chi connectivity index (χ1) is 16.0. The predicted molar refractivity (Wildman–Crippen MR) is 120 cm³/mol. The van der Waals surface area contributed by atoms with Crippen LogP contribution in [0.3, 0.4) is 0 Å². The van der Waals surface area contributed by atoms with Crippen molar-refractivity contribution in [3.63, 3.8) is 0 Å². The van der Waals surface area contributed by atoms with Gasteiger partial charge >= 0.3 is 0 Å². The second kappa shape index (κ2) is 7.41. The molecule has 2 aromatic carbocycles. The van der Waals surface area contributed by atoms with Gasteiger partial charge in [0, 0.05) is 11.3 Å². The topological polar surface area (TPSA) is 129 Å². The van der Waals surface area contributed by atoms with Gasteiger partial charge in [-0.15, -0.1) is 0 Å². The Kier molecular flexibility index (Phi) is 4.64. The minimum Gasteiger partial charge on any atom is -0.327 e. The molecule has 1 aliphatic carbocycles. The van der Waals surface area contributed by atoms with E-state index >= 15 is 0 Å². The van der Waals surface area contributed by atoms with Gasteiger partial charge in [0.2, 0.25) is 11.3 Å². The minimum atomic E-state index is -2.08. The van der Waals surface area contributed by atoms with Crippen molar-refractivity contribution in [2.45, 2.75) is 12.0 Å². The third-order valence-electron chi connectivity index (χ3n) is 7.38. The van der Waals surface area contributed by atoms with E-state index in [1.54, 1.807) is 24.3 Å². The van der Waals surface area contributed by atoms with Crippen LogP contribution in [0.2, 0.25) is 0 Å². The molecule has 7 heteroatoms. The standard InChI is InChI=1S/C26H20N6O/c27-12-19-18-10-11-32(13-17-6-2-1-3-7-17)14-21(18)26(25(15-28,16-29)23(19)30)20-8-4-5-9-22(20)31-24(26)33/h1-10,19,21,30H,11,13-14H2,(H,31,33)/p+1/t19?,21-,26+/m0/s1. The van der Waals surface area contributed by atoms with Gasteiger partial charge in [-0.2, -0.15) is 15.8 Å². The number of anilines is 1. The number of quaternary nitrogens is 1. The number of hydrogen-bond acceptors (Lipinski definition) is 5. The molecule has 0 radical (unpaired) electrons. The number of nitriles is 3. The quantitative estimate of drug-likeness (QED) is 0.623. The number of fused-ring (bicyclic) bond motifs is 4. The summed E-state index contributed by atoms with van der Waals surface area (Å²) in [5.74, 6) is -2.02. The van der Waals surface area contributed by atoms with E-state index in [-0.39, 0.29) is 5.71 Å². The number of benzene rings is 2. The van der Waals surface area contributed by atoms with Crippen molar-refractivity contribution in [1.29, 1.82) is 21.2 Å². The molecule has 1 saturated carbocycles. The molecule has 0 aromatic heterocycles. The number of rotatable bonds is 2. The lowest BCUT2D eigenvalue weighted by Crippen LogP contribution is -3.12. The van der Waals surface area contributed by atoms with Crippen molar-refractivity contribution in [2.75, 3.05) is 18.4 Å². The fourth-order valence-electron chi connectivity index (χ4n) is 5.96. The van der Waals surface area contributed by atoms with Gasteiger partial charge < -0.3 is 15.6 Å². The van der Waals surface area contributed by atoms with Crippen molar-refractivity contribution >= 4 is 17.3 Å². The summed E-state index contributed by atoms with van der Waals surface area (Å²) in [4.78, 5) is 14.9. The highest BCUT2D eigenvalue weighted by molar-refractivity contribution is 6.16. The van der Waals surface area contributed by atoms with Crippen LogP contribution in [0.15, 0.2) is 66.2 Å². The van der Waals surface area contributed by atoms with E-state index < -0.39 is 28.6 Å². The molecule has 0 bridgehead atoms. The Hall–Kier alpha value is -4.25. The Morgan fingerprint density at radius 1 is 1.06 bits per heavy atom. The molecule has 2 aromatic rings. The van der Waals surface area contributed by atoms with Crippen LogP contribution < -0.4 is 10.2 Å². The zero-order valence-corrected chi connectivity index (χ0v) is 17.8. The molecule has 2 heterocycles. The Morgan fingerprint density at radius 2 is 1.76 bits per heavy atom. The van der Waals surface area contributed by atoms with Crippen LogP contribution in [0.5, 0.6) is 0 Å². The Morgan fingerprint density at radius 3 is 2.45 bits per heavy atom. The normalized spacial score (nSPS) is 29.0. The number of nitrogens with one attached hydrogen (secondary N) is 3. The number of carbonyl (C=O) groups excluding carboxylic acids is 1. The molecule has 4 atom stereocenters. The summed E-state index contributed by atoms with van der Waals surface area (Å²) >= 11 is 0. The van der Waals surface area contributed by atoms with Crippen molar-refractivity contribution in [1.82, 2.24) is 0 Å². The van der Waals surface area contributed by atoms with E-state index in [1.165, 1.54) is 4.90 Å². The zero-order chi connectivity index (χ0) is 23.2. The second-order valence-corrected chi connectivity index (χ2v) is 8.83. The first-order valence-electron chi connectivity index (χ1n) is 10.8. The van der Waals surface area contributed by atoms with Gasteiger partial charge in [-0.3, -0.25) is 4.79 Å². The summed E-state index contributed by atoms with van der Waals surface area (Å²) in [6.45, 7) is 1.82.